The van der Waals surface area contributed by atoms with Gasteiger partial charge in [0.1, 0.15) is 0 Å². The molecule has 0 saturated carbocycles. The van der Waals surface area contributed by atoms with Gasteiger partial charge < -0.3 is 5.73 Å². The van der Waals surface area contributed by atoms with E-state index in [0.29, 0.717) is 5.56 Å². The van der Waals surface area contributed by atoms with Gasteiger partial charge in [0.05, 0.1) is 11.3 Å². The predicted molar refractivity (Wildman–Crippen MR) is 57.0 cm³/mol. The van der Waals surface area contributed by atoms with E-state index in [2.05, 4.69) is 0 Å². The molecule has 0 fully saturated rings. The van der Waals surface area contributed by atoms with E-state index in [1.54, 1.807) is 5.92 Å². The highest BCUT2D eigenvalue weighted by molar-refractivity contribution is 5.71. The number of rotatable bonds is 2. The highest BCUT2D eigenvalue weighted by Gasteiger charge is 2.18. The van der Waals surface area contributed by atoms with Crippen LogP contribution in [0.15, 0.2) is 17.7 Å². The van der Waals surface area contributed by atoms with Crippen LogP contribution in [0.5, 0.6) is 0 Å². The lowest BCUT2D eigenvalue weighted by Gasteiger charge is -2.09. The van der Waals surface area contributed by atoms with Crippen molar-refractivity contribution >= 4 is 5.70 Å². The smallest absolute Gasteiger partial charge is 0.273 e. The lowest BCUT2D eigenvalue weighted by molar-refractivity contribution is 0.196. The van der Waals surface area contributed by atoms with E-state index < -0.39 is 34.9 Å². The zero-order chi connectivity index (χ0) is 13.2. The summed E-state index contributed by atoms with van der Waals surface area (Å²) in [7, 11) is 0. The first-order chi connectivity index (χ1) is 7.88. The maximum Gasteiger partial charge on any atom is 0.273 e. The first-order valence-electron chi connectivity index (χ1n) is 4.59. The maximum atomic E-state index is 13.4. The van der Waals surface area contributed by atoms with Crippen LogP contribution in [-0.4, -0.2) is 6.43 Å². The minimum Gasteiger partial charge on any atom is -0.397 e. The van der Waals surface area contributed by atoms with E-state index in [1.807, 2.05) is 0 Å². The Balaban J connectivity index is 3.50. The molecule has 17 heavy (non-hydrogen) atoms. The van der Waals surface area contributed by atoms with Crippen molar-refractivity contribution in [3.63, 3.8) is 0 Å². The predicted octanol–water partition coefficient (Wildman–Crippen LogP) is 2.84. The topological polar surface area (TPSA) is 26.0 Å². The van der Waals surface area contributed by atoms with Gasteiger partial charge in [-0.25, -0.2) is 17.6 Å². The lowest BCUT2D eigenvalue weighted by atomic mass is 10.0. The molecule has 0 aliphatic rings. The van der Waals surface area contributed by atoms with Crippen LogP contribution in [0.3, 0.4) is 0 Å². The zero-order valence-electron chi connectivity index (χ0n) is 8.90. The fourth-order valence-corrected chi connectivity index (χ4v) is 1.32. The minimum atomic E-state index is -3.01. The third kappa shape index (κ3) is 2.59. The molecule has 2 N–H and O–H groups in total. The van der Waals surface area contributed by atoms with Crippen LogP contribution in [-0.2, 0) is 0 Å². The van der Waals surface area contributed by atoms with Gasteiger partial charge in [0.15, 0.2) is 11.6 Å². The molecule has 0 radical (unpaired) electrons. The standard InChI is InChI=1S/C12H9F4N/c1-3-7(12(15)16)11(17)8-4-6(2)5-9(13)10(8)14/h1,4-5,12H,17H2,2H3/b11-7+. The molecular formula is C12H9F4N. The summed E-state index contributed by atoms with van der Waals surface area (Å²) in [5, 5.41) is 0. The molecule has 0 aliphatic carbocycles. The number of aryl methyl sites for hydroxylation is 1. The Morgan fingerprint density at radius 1 is 1.35 bits per heavy atom. The molecule has 0 amide bonds. The van der Waals surface area contributed by atoms with E-state index in [0.717, 1.165) is 12.1 Å². The number of nitrogens with two attached hydrogens (primary N) is 1. The molecule has 1 nitrogen and oxygen atoms in total. The van der Waals surface area contributed by atoms with Gasteiger partial charge in [0.25, 0.3) is 6.43 Å². The Morgan fingerprint density at radius 3 is 2.41 bits per heavy atom. The molecule has 0 atom stereocenters. The van der Waals surface area contributed by atoms with Crippen molar-refractivity contribution < 1.29 is 17.6 Å². The molecule has 0 aromatic heterocycles. The number of hydrogen-bond acceptors (Lipinski definition) is 1. The Hall–Kier alpha value is -1.96. The molecule has 0 aliphatic heterocycles. The van der Waals surface area contributed by atoms with Gasteiger partial charge in [-0.2, -0.15) is 0 Å². The molecule has 0 bridgehead atoms. The number of allylic oxidation sites excluding steroid dienone is 1. The molecule has 1 aromatic rings. The van der Waals surface area contributed by atoms with Crippen LogP contribution in [0.4, 0.5) is 17.6 Å². The summed E-state index contributed by atoms with van der Waals surface area (Å²) in [6, 6.07) is 2.09. The highest BCUT2D eigenvalue weighted by atomic mass is 19.3. The minimum absolute atomic E-state index is 0.354. The van der Waals surface area contributed by atoms with E-state index in [4.69, 9.17) is 12.2 Å². The van der Waals surface area contributed by atoms with E-state index in [9.17, 15) is 17.6 Å². The second-order valence-electron chi connectivity index (χ2n) is 3.38. The first-order valence-corrected chi connectivity index (χ1v) is 4.59. The second-order valence-corrected chi connectivity index (χ2v) is 3.38. The van der Waals surface area contributed by atoms with Crippen molar-refractivity contribution in [1.82, 2.24) is 0 Å². The van der Waals surface area contributed by atoms with Gasteiger partial charge >= 0.3 is 0 Å². The third-order valence-corrected chi connectivity index (χ3v) is 2.13. The number of alkyl halides is 2. The van der Waals surface area contributed by atoms with Crippen molar-refractivity contribution in [3.8, 4) is 12.3 Å². The van der Waals surface area contributed by atoms with Crippen LogP contribution in [0.2, 0.25) is 0 Å². The zero-order valence-corrected chi connectivity index (χ0v) is 8.90. The summed E-state index contributed by atoms with van der Waals surface area (Å²) in [6.45, 7) is 1.48. The molecule has 0 spiro atoms. The largest absolute Gasteiger partial charge is 0.397 e. The molecule has 5 heteroatoms. The summed E-state index contributed by atoms with van der Waals surface area (Å²) < 4.78 is 51.4. The summed E-state index contributed by atoms with van der Waals surface area (Å²) in [5.74, 6) is -0.768. The Bertz CT molecular complexity index is 512. The van der Waals surface area contributed by atoms with E-state index in [1.165, 1.54) is 6.92 Å². The SMILES string of the molecule is C#C/C(=C(\N)c1cc(C)cc(F)c1F)C(F)F. The second kappa shape index (κ2) is 4.91. The summed E-state index contributed by atoms with van der Waals surface area (Å²) in [5.41, 5.74) is 3.77. The van der Waals surface area contributed by atoms with Crippen LogP contribution in [0.25, 0.3) is 5.70 Å². The van der Waals surface area contributed by atoms with Crippen LogP contribution >= 0.6 is 0 Å². The molecular weight excluding hydrogens is 234 g/mol. The van der Waals surface area contributed by atoms with Crippen molar-refractivity contribution in [2.45, 2.75) is 13.3 Å². The normalized spacial score (nSPS) is 12.3. The van der Waals surface area contributed by atoms with Gasteiger partial charge in [0, 0.05) is 5.56 Å². The summed E-state index contributed by atoms with van der Waals surface area (Å²) in [4.78, 5) is 0. The van der Waals surface area contributed by atoms with Crippen molar-refractivity contribution in [1.29, 1.82) is 0 Å². The van der Waals surface area contributed by atoms with E-state index in [-0.39, 0.29) is 0 Å². The number of terminal acetylenes is 1. The van der Waals surface area contributed by atoms with Crippen molar-refractivity contribution in [3.05, 3.63) is 40.5 Å². The average Bonchev–Trinajstić information content (AvgIpc) is 2.23. The van der Waals surface area contributed by atoms with E-state index >= 15 is 0 Å². The van der Waals surface area contributed by atoms with Crippen molar-refractivity contribution in [2.75, 3.05) is 0 Å². The monoisotopic (exact) mass is 243 g/mol. The molecule has 1 aromatic carbocycles. The van der Waals surface area contributed by atoms with Crippen LogP contribution in [0, 0.1) is 30.9 Å². The number of benzene rings is 1. The fourth-order valence-electron chi connectivity index (χ4n) is 1.32. The van der Waals surface area contributed by atoms with Gasteiger partial charge in [-0.15, -0.1) is 6.42 Å². The Morgan fingerprint density at radius 2 is 1.94 bits per heavy atom. The quantitative estimate of drug-likeness (QED) is 0.627. The average molecular weight is 243 g/mol. The maximum absolute atomic E-state index is 13.4. The molecule has 90 valence electrons. The molecule has 0 saturated heterocycles. The Labute approximate surface area is 95.9 Å². The molecule has 0 unspecified atom stereocenters. The lowest BCUT2D eigenvalue weighted by Crippen LogP contribution is -2.09. The first kappa shape index (κ1) is 13.1. The van der Waals surface area contributed by atoms with Gasteiger partial charge in [-0.1, -0.05) is 5.92 Å². The fraction of sp³-hybridized carbons (Fsp3) is 0.167. The van der Waals surface area contributed by atoms with Gasteiger partial charge in [-0.05, 0) is 24.6 Å². The van der Waals surface area contributed by atoms with Crippen molar-refractivity contribution in [2.24, 2.45) is 5.73 Å². The van der Waals surface area contributed by atoms with Gasteiger partial charge in [-0.3, -0.25) is 0 Å². The van der Waals surface area contributed by atoms with Crippen LogP contribution in [0.1, 0.15) is 11.1 Å². The molecule has 1 rings (SSSR count). The Kier molecular flexibility index (Phi) is 3.79. The summed E-state index contributed by atoms with van der Waals surface area (Å²) >= 11 is 0. The highest BCUT2D eigenvalue weighted by Crippen LogP contribution is 2.23. The number of hydrogen-bond donors (Lipinski definition) is 1. The number of halogens is 4. The third-order valence-electron chi connectivity index (χ3n) is 2.13. The van der Waals surface area contributed by atoms with Crippen LogP contribution < -0.4 is 5.73 Å². The van der Waals surface area contributed by atoms with Gasteiger partial charge in [0.2, 0.25) is 0 Å². The molecule has 0 heterocycles. The summed E-state index contributed by atoms with van der Waals surface area (Å²) in [6.07, 6.45) is 1.84.